The number of hydrogen-bond acceptors (Lipinski definition) is 6. The third-order valence-corrected chi connectivity index (χ3v) is 5.79. The smallest absolute Gasteiger partial charge is 0.335 e. The molecule has 1 N–H and O–H groups in total. The minimum Gasteiger partial charge on any atom is -0.478 e. The van der Waals surface area contributed by atoms with E-state index < -0.39 is 5.97 Å². The van der Waals surface area contributed by atoms with Gasteiger partial charge in [-0.3, -0.25) is 4.90 Å². The molecule has 1 fully saturated rings. The molecule has 0 spiro atoms. The first kappa shape index (κ1) is 17.2. The second-order valence-electron chi connectivity index (χ2n) is 6.21. The predicted octanol–water partition coefficient (Wildman–Crippen LogP) is 3.37. The van der Waals surface area contributed by atoms with E-state index in [0.29, 0.717) is 11.6 Å². The molecule has 1 aliphatic rings. The van der Waals surface area contributed by atoms with Gasteiger partial charge in [-0.05, 0) is 35.2 Å². The van der Waals surface area contributed by atoms with Crippen LogP contribution in [0.1, 0.15) is 15.9 Å². The van der Waals surface area contributed by atoms with Crippen LogP contribution in [0.4, 0.5) is 5.82 Å². The molecule has 6 nitrogen and oxygen atoms in total. The lowest BCUT2D eigenvalue weighted by molar-refractivity contribution is 0.0696. The van der Waals surface area contributed by atoms with Crippen LogP contribution in [0.5, 0.6) is 0 Å². The van der Waals surface area contributed by atoms with Crippen LogP contribution in [0.25, 0.3) is 10.2 Å². The van der Waals surface area contributed by atoms with E-state index in [1.807, 2.05) is 5.38 Å². The molecular formula is C18H17ClN4O2S. The average molecular weight is 389 g/mol. The molecule has 0 saturated carbocycles. The summed E-state index contributed by atoms with van der Waals surface area (Å²) in [5, 5.41) is 12.9. The van der Waals surface area contributed by atoms with Crippen molar-refractivity contribution in [1.82, 2.24) is 14.9 Å². The second-order valence-corrected chi connectivity index (χ2v) is 7.51. The van der Waals surface area contributed by atoms with Crippen molar-refractivity contribution in [3.8, 4) is 0 Å². The Bertz CT molecular complexity index is 953. The number of rotatable bonds is 4. The van der Waals surface area contributed by atoms with Crippen LogP contribution in [0.2, 0.25) is 5.02 Å². The van der Waals surface area contributed by atoms with E-state index in [9.17, 15) is 4.79 Å². The molecule has 26 heavy (non-hydrogen) atoms. The van der Waals surface area contributed by atoms with Crippen molar-refractivity contribution in [2.24, 2.45) is 0 Å². The van der Waals surface area contributed by atoms with Gasteiger partial charge < -0.3 is 10.0 Å². The minimum atomic E-state index is -0.934. The molecule has 3 heterocycles. The maximum Gasteiger partial charge on any atom is 0.335 e. The Labute approximate surface area is 159 Å². The summed E-state index contributed by atoms with van der Waals surface area (Å²) >= 11 is 7.87. The number of aromatic nitrogens is 2. The van der Waals surface area contributed by atoms with Gasteiger partial charge in [0.25, 0.3) is 0 Å². The van der Waals surface area contributed by atoms with Crippen molar-refractivity contribution in [3.63, 3.8) is 0 Å². The summed E-state index contributed by atoms with van der Waals surface area (Å²) in [6.45, 7) is 4.09. The molecule has 4 rings (SSSR count). The van der Waals surface area contributed by atoms with E-state index in [1.165, 1.54) is 6.07 Å². The van der Waals surface area contributed by atoms with E-state index in [4.69, 9.17) is 16.7 Å². The van der Waals surface area contributed by atoms with Crippen LogP contribution in [0, 0.1) is 0 Å². The van der Waals surface area contributed by atoms with Crippen molar-refractivity contribution in [2.75, 3.05) is 31.1 Å². The molecule has 0 aliphatic carbocycles. The maximum atomic E-state index is 11.2. The first-order chi connectivity index (χ1) is 12.6. The van der Waals surface area contributed by atoms with Crippen LogP contribution in [-0.4, -0.2) is 52.1 Å². The molecular weight excluding hydrogens is 372 g/mol. The van der Waals surface area contributed by atoms with Gasteiger partial charge in [-0.15, -0.1) is 11.3 Å². The number of nitrogens with zero attached hydrogens (tertiary/aromatic N) is 4. The highest BCUT2D eigenvalue weighted by Crippen LogP contribution is 2.28. The van der Waals surface area contributed by atoms with Gasteiger partial charge in [0.15, 0.2) is 0 Å². The summed E-state index contributed by atoms with van der Waals surface area (Å²) in [4.78, 5) is 25.5. The monoisotopic (exact) mass is 388 g/mol. The van der Waals surface area contributed by atoms with Crippen LogP contribution in [0.15, 0.2) is 36.0 Å². The van der Waals surface area contributed by atoms with Gasteiger partial charge in [0.2, 0.25) is 0 Å². The molecule has 134 valence electrons. The number of halogens is 1. The zero-order chi connectivity index (χ0) is 18.1. The third kappa shape index (κ3) is 3.38. The van der Waals surface area contributed by atoms with Gasteiger partial charge in [-0.1, -0.05) is 11.6 Å². The summed E-state index contributed by atoms with van der Waals surface area (Å²) in [6.07, 6.45) is 1.62. The van der Waals surface area contributed by atoms with Crippen molar-refractivity contribution in [2.45, 2.75) is 6.54 Å². The van der Waals surface area contributed by atoms with Crippen molar-refractivity contribution >= 4 is 44.9 Å². The van der Waals surface area contributed by atoms with Gasteiger partial charge >= 0.3 is 5.97 Å². The summed E-state index contributed by atoms with van der Waals surface area (Å²) in [5.74, 6) is 0.0538. The zero-order valence-corrected chi connectivity index (χ0v) is 15.5. The number of carbonyl (C=O) groups is 1. The highest BCUT2D eigenvalue weighted by atomic mass is 35.5. The van der Waals surface area contributed by atoms with Gasteiger partial charge in [0, 0.05) is 37.7 Å². The van der Waals surface area contributed by atoms with Crippen LogP contribution in [0.3, 0.4) is 0 Å². The summed E-state index contributed by atoms with van der Waals surface area (Å²) in [7, 11) is 0. The van der Waals surface area contributed by atoms with Crippen molar-refractivity contribution in [1.29, 1.82) is 0 Å². The average Bonchev–Trinajstić information content (AvgIpc) is 3.13. The Kier molecular flexibility index (Phi) is 4.76. The van der Waals surface area contributed by atoms with E-state index in [2.05, 4.69) is 25.8 Å². The lowest BCUT2D eigenvalue weighted by Crippen LogP contribution is -2.46. The van der Waals surface area contributed by atoms with Crippen molar-refractivity contribution < 1.29 is 9.90 Å². The van der Waals surface area contributed by atoms with Gasteiger partial charge in [-0.2, -0.15) is 0 Å². The Hall–Kier alpha value is -2.22. The van der Waals surface area contributed by atoms with E-state index in [-0.39, 0.29) is 5.56 Å². The largest absolute Gasteiger partial charge is 0.478 e. The predicted molar refractivity (Wildman–Crippen MR) is 103 cm³/mol. The SMILES string of the molecule is O=C(O)c1ccc(Cl)c(CN2CCN(c3ncnc4sccc34)CC2)c1. The zero-order valence-electron chi connectivity index (χ0n) is 13.9. The first-order valence-electron chi connectivity index (χ1n) is 8.29. The molecule has 2 aromatic heterocycles. The molecule has 8 heteroatoms. The van der Waals surface area contributed by atoms with Gasteiger partial charge in [0.05, 0.1) is 10.9 Å². The maximum absolute atomic E-state index is 11.2. The summed E-state index contributed by atoms with van der Waals surface area (Å²) < 4.78 is 0. The summed E-state index contributed by atoms with van der Waals surface area (Å²) in [5.41, 5.74) is 1.12. The van der Waals surface area contributed by atoms with Crippen LogP contribution in [-0.2, 0) is 6.54 Å². The van der Waals surface area contributed by atoms with E-state index in [0.717, 1.165) is 47.8 Å². The molecule has 0 amide bonds. The summed E-state index contributed by atoms with van der Waals surface area (Å²) in [6, 6.07) is 6.92. The van der Waals surface area contributed by atoms with E-state index in [1.54, 1.807) is 29.8 Å². The highest BCUT2D eigenvalue weighted by molar-refractivity contribution is 7.16. The normalized spacial score (nSPS) is 15.5. The molecule has 0 unspecified atom stereocenters. The molecule has 3 aromatic rings. The van der Waals surface area contributed by atoms with Crippen molar-refractivity contribution in [3.05, 3.63) is 52.1 Å². The standard InChI is InChI=1S/C18H17ClN4O2S/c19-15-2-1-12(18(24)25)9-13(15)10-22-4-6-23(7-5-22)16-14-3-8-26-17(14)21-11-20-16/h1-3,8-9,11H,4-7,10H2,(H,24,25). The number of anilines is 1. The number of carboxylic acids is 1. The Morgan fingerprint density at radius 2 is 2.00 bits per heavy atom. The fraction of sp³-hybridized carbons (Fsp3) is 0.278. The lowest BCUT2D eigenvalue weighted by Gasteiger charge is -2.35. The number of benzene rings is 1. The van der Waals surface area contributed by atoms with Crippen LogP contribution < -0.4 is 4.90 Å². The molecule has 1 aromatic carbocycles. The lowest BCUT2D eigenvalue weighted by atomic mass is 10.1. The highest BCUT2D eigenvalue weighted by Gasteiger charge is 2.21. The topological polar surface area (TPSA) is 69.6 Å². The Balaban J connectivity index is 1.45. The fourth-order valence-corrected chi connectivity index (χ4v) is 4.12. The number of fused-ring (bicyclic) bond motifs is 1. The molecule has 1 saturated heterocycles. The van der Waals surface area contributed by atoms with E-state index >= 15 is 0 Å². The number of carboxylic acid groups (broad SMARTS) is 1. The van der Waals surface area contributed by atoms with Crippen LogP contribution >= 0.6 is 22.9 Å². The number of aromatic carboxylic acids is 1. The molecule has 0 atom stereocenters. The van der Waals surface area contributed by atoms with Gasteiger partial charge in [-0.25, -0.2) is 14.8 Å². The fourth-order valence-electron chi connectivity index (χ4n) is 3.22. The first-order valence-corrected chi connectivity index (χ1v) is 9.55. The molecule has 1 aliphatic heterocycles. The number of thiophene rings is 1. The minimum absolute atomic E-state index is 0.267. The third-order valence-electron chi connectivity index (χ3n) is 4.60. The number of hydrogen-bond donors (Lipinski definition) is 1. The second kappa shape index (κ2) is 7.19. The quantitative estimate of drug-likeness (QED) is 0.739. The Morgan fingerprint density at radius 3 is 2.77 bits per heavy atom. The molecule has 0 radical (unpaired) electrons. The van der Waals surface area contributed by atoms with Gasteiger partial charge in [0.1, 0.15) is 17.0 Å². The number of piperazine rings is 1. The Morgan fingerprint density at radius 1 is 1.19 bits per heavy atom. The molecule has 0 bridgehead atoms.